The van der Waals surface area contributed by atoms with Gasteiger partial charge in [-0.15, -0.1) is 0 Å². The second kappa shape index (κ2) is 9.80. The lowest BCUT2D eigenvalue weighted by molar-refractivity contribution is -0.384. The molecule has 154 valence electrons. The Kier molecular flexibility index (Phi) is 7.46. The Morgan fingerprint density at radius 3 is 2.59 bits per heavy atom. The number of nitro groups is 1. The van der Waals surface area contributed by atoms with E-state index in [1.165, 1.54) is 25.1 Å². The molecule has 0 heterocycles. The first-order chi connectivity index (χ1) is 13.7. The van der Waals surface area contributed by atoms with Crippen LogP contribution in [0.1, 0.15) is 17.3 Å². The lowest BCUT2D eigenvalue weighted by Gasteiger charge is -2.16. The number of non-ortho nitro benzene ring substituents is 1. The van der Waals surface area contributed by atoms with Crippen molar-refractivity contribution in [1.29, 1.82) is 0 Å². The molecule has 0 bridgehead atoms. The molecule has 0 saturated heterocycles. The van der Waals surface area contributed by atoms with Crippen molar-refractivity contribution in [1.82, 2.24) is 0 Å². The third-order valence-corrected chi connectivity index (χ3v) is 4.02. The summed E-state index contributed by atoms with van der Waals surface area (Å²) in [4.78, 5) is 35.0. The predicted molar refractivity (Wildman–Crippen MR) is 104 cm³/mol. The minimum atomic E-state index is -1.28. The van der Waals surface area contributed by atoms with Crippen LogP contribution in [0, 0.1) is 15.9 Å². The van der Waals surface area contributed by atoms with E-state index >= 15 is 0 Å². The lowest BCUT2D eigenvalue weighted by atomic mass is 10.1. The summed E-state index contributed by atoms with van der Waals surface area (Å²) in [6, 6.07) is 6.85. The van der Waals surface area contributed by atoms with Gasteiger partial charge in [-0.25, -0.2) is 9.18 Å². The van der Waals surface area contributed by atoms with Crippen LogP contribution in [0.3, 0.4) is 0 Å². The van der Waals surface area contributed by atoms with Gasteiger partial charge in [0.1, 0.15) is 5.82 Å². The Bertz CT molecular complexity index is 940. The number of ether oxygens (including phenoxy) is 1. The van der Waals surface area contributed by atoms with E-state index in [4.69, 9.17) is 21.4 Å². The third-order valence-electron chi connectivity index (χ3n) is 3.70. The summed E-state index contributed by atoms with van der Waals surface area (Å²) in [5, 5.41) is 25.0. The van der Waals surface area contributed by atoms with Crippen LogP contribution in [0.2, 0.25) is 5.02 Å². The van der Waals surface area contributed by atoms with Gasteiger partial charge < -0.3 is 20.5 Å². The molecule has 0 spiro atoms. The van der Waals surface area contributed by atoms with Crippen molar-refractivity contribution in [3.63, 3.8) is 0 Å². The minimum Gasteiger partial charge on any atom is -0.449 e. The molecule has 0 fully saturated rings. The average molecular weight is 426 g/mol. The molecule has 0 aromatic heterocycles. The van der Waals surface area contributed by atoms with Gasteiger partial charge in [0.15, 0.2) is 6.10 Å². The number of carbonyl (C=O) groups excluding carboxylic acids is 2. The maximum Gasteiger partial charge on any atom is 0.341 e. The number of hydrogen-bond donors (Lipinski definition) is 3. The number of aliphatic hydroxyl groups excluding tert-OH is 1. The molecule has 0 radical (unpaired) electrons. The molecule has 29 heavy (non-hydrogen) atoms. The number of benzene rings is 2. The van der Waals surface area contributed by atoms with Gasteiger partial charge in [0, 0.05) is 24.4 Å². The van der Waals surface area contributed by atoms with Crippen LogP contribution in [-0.2, 0) is 9.53 Å². The van der Waals surface area contributed by atoms with E-state index < -0.39 is 28.7 Å². The number of anilines is 2. The standard InChI is InChI=1S/C18H17ClFN3O6/c1-10(17(25)22-16-4-2-11(20)8-14(16)19)29-18(26)13-9-12(23(27)28)3-5-15(13)21-6-7-24/h2-5,8-10,21,24H,6-7H2,1H3,(H,22,25). The largest absolute Gasteiger partial charge is 0.449 e. The molecule has 3 N–H and O–H groups in total. The highest BCUT2D eigenvalue weighted by molar-refractivity contribution is 6.33. The fourth-order valence-corrected chi connectivity index (χ4v) is 2.48. The van der Waals surface area contributed by atoms with E-state index in [1.54, 1.807) is 0 Å². The van der Waals surface area contributed by atoms with Crippen LogP contribution in [0.15, 0.2) is 36.4 Å². The van der Waals surface area contributed by atoms with Crippen molar-refractivity contribution in [2.24, 2.45) is 0 Å². The van der Waals surface area contributed by atoms with Crippen LogP contribution < -0.4 is 10.6 Å². The number of rotatable bonds is 8. The van der Waals surface area contributed by atoms with Gasteiger partial charge in [-0.05, 0) is 31.2 Å². The molecular formula is C18H17ClFN3O6. The first-order valence-electron chi connectivity index (χ1n) is 8.33. The lowest BCUT2D eigenvalue weighted by Crippen LogP contribution is -2.30. The second-order valence-electron chi connectivity index (χ2n) is 5.80. The zero-order chi connectivity index (χ0) is 21.6. The van der Waals surface area contributed by atoms with Gasteiger partial charge in [0.2, 0.25) is 0 Å². The van der Waals surface area contributed by atoms with Crippen molar-refractivity contribution in [3.05, 3.63) is 62.9 Å². The number of nitro benzene ring substituents is 1. The summed E-state index contributed by atoms with van der Waals surface area (Å²) in [5.41, 5.74) is -0.195. The normalized spacial score (nSPS) is 11.4. The molecule has 0 saturated carbocycles. The van der Waals surface area contributed by atoms with Crippen molar-refractivity contribution in [2.75, 3.05) is 23.8 Å². The van der Waals surface area contributed by atoms with Crippen LogP contribution in [0.25, 0.3) is 0 Å². The van der Waals surface area contributed by atoms with Gasteiger partial charge in [-0.3, -0.25) is 14.9 Å². The fourth-order valence-electron chi connectivity index (χ4n) is 2.26. The summed E-state index contributed by atoms with van der Waals surface area (Å²) in [6.45, 7) is 1.16. The molecule has 1 amide bonds. The summed E-state index contributed by atoms with van der Waals surface area (Å²) in [5.74, 6) is -2.30. The van der Waals surface area contributed by atoms with E-state index in [2.05, 4.69) is 10.6 Å². The van der Waals surface area contributed by atoms with Crippen LogP contribution >= 0.6 is 11.6 Å². The summed E-state index contributed by atoms with van der Waals surface area (Å²) in [6.07, 6.45) is -1.28. The Balaban J connectivity index is 2.15. The van der Waals surface area contributed by atoms with Gasteiger partial charge >= 0.3 is 5.97 Å². The number of amides is 1. The maximum atomic E-state index is 13.1. The Labute approximate surface area is 169 Å². The Morgan fingerprint density at radius 2 is 1.97 bits per heavy atom. The van der Waals surface area contributed by atoms with E-state index in [0.29, 0.717) is 0 Å². The molecule has 11 heteroatoms. The predicted octanol–water partition coefficient (Wildman–Crippen LogP) is 2.98. The summed E-state index contributed by atoms with van der Waals surface area (Å²) >= 11 is 5.84. The molecule has 0 aliphatic heterocycles. The van der Waals surface area contributed by atoms with Gasteiger partial charge in [-0.2, -0.15) is 0 Å². The smallest absolute Gasteiger partial charge is 0.341 e. The third kappa shape index (κ3) is 5.87. The van der Waals surface area contributed by atoms with Crippen LogP contribution in [-0.4, -0.2) is 41.2 Å². The fraction of sp³-hybridized carbons (Fsp3) is 0.222. The van der Waals surface area contributed by atoms with Crippen molar-refractivity contribution < 1.29 is 28.7 Å². The number of halogens is 2. The van der Waals surface area contributed by atoms with E-state index in [-0.39, 0.29) is 40.8 Å². The number of carbonyl (C=O) groups is 2. The minimum absolute atomic E-state index is 0.0361. The van der Waals surface area contributed by atoms with Crippen LogP contribution in [0.5, 0.6) is 0 Å². The highest BCUT2D eigenvalue weighted by Gasteiger charge is 2.23. The maximum absolute atomic E-state index is 13.1. The molecule has 2 rings (SSSR count). The highest BCUT2D eigenvalue weighted by Crippen LogP contribution is 2.25. The number of esters is 1. The number of nitrogens with one attached hydrogen (secondary N) is 2. The average Bonchev–Trinajstić information content (AvgIpc) is 2.68. The monoisotopic (exact) mass is 425 g/mol. The van der Waals surface area contributed by atoms with E-state index in [1.807, 2.05) is 0 Å². The molecule has 1 atom stereocenters. The summed E-state index contributed by atoms with van der Waals surface area (Å²) in [7, 11) is 0. The van der Waals surface area contributed by atoms with E-state index in [0.717, 1.165) is 18.2 Å². The topological polar surface area (TPSA) is 131 Å². The number of hydrogen-bond acceptors (Lipinski definition) is 7. The molecule has 2 aromatic carbocycles. The second-order valence-corrected chi connectivity index (χ2v) is 6.21. The van der Waals surface area contributed by atoms with Gasteiger partial charge in [0.25, 0.3) is 11.6 Å². The quantitative estimate of drug-likeness (QED) is 0.336. The zero-order valence-electron chi connectivity index (χ0n) is 15.1. The van der Waals surface area contributed by atoms with Crippen molar-refractivity contribution in [2.45, 2.75) is 13.0 Å². The molecule has 9 nitrogen and oxygen atoms in total. The first kappa shape index (κ1) is 22.1. The van der Waals surface area contributed by atoms with Crippen molar-refractivity contribution in [3.8, 4) is 0 Å². The molecular weight excluding hydrogens is 409 g/mol. The first-order valence-corrected chi connectivity index (χ1v) is 8.70. The molecule has 0 aliphatic carbocycles. The number of nitrogens with zero attached hydrogens (tertiary/aromatic N) is 1. The Morgan fingerprint density at radius 1 is 1.28 bits per heavy atom. The van der Waals surface area contributed by atoms with Crippen LogP contribution in [0.4, 0.5) is 21.5 Å². The molecule has 2 aromatic rings. The highest BCUT2D eigenvalue weighted by atomic mass is 35.5. The van der Waals surface area contributed by atoms with Gasteiger partial charge in [0.05, 0.1) is 27.8 Å². The zero-order valence-corrected chi connectivity index (χ0v) is 15.9. The number of aliphatic hydroxyl groups is 1. The molecule has 1 unspecified atom stereocenters. The van der Waals surface area contributed by atoms with E-state index in [9.17, 15) is 24.1 Å². The van der Waals surface area contributed by atoms with Crippen molar-refractivity contribution >= 4 is 40.5 Å². The summed E-state index contributed by atoms with van der Waals surface area (Å²) < 4.78 is 18.2. The SMILES string of the molecule is CC(OC(=O)c1cc([N+](=O)[O-])ccc1NCCO)C(=O)Nc1ccc(F)cc1Cl. The van der Waals surface area contributed by atoms with Gasteiger partial charge in [-0.1, -0.05) is 11.6 Å². The Hall–Kier alpha value is -3.24. The molecule has 0 aliphatic rings.